The molecule has 1 saturated heterocycles. The number of halogens is 1. The van der Waals surface area contributed by atoms with Crippen LogP contribution in [-0.4, -0.2) is 60.9 Å². The molecule has 0 atom stereocenters. The van der Waals surface area contributed by atoms with E-state index in [9.17, 15) is 9.18 Å². The van der Waals surface area contributed by atoms with Crippen molar-refractivity contribution in [1.82, 2.24) is 9.80 Å². The van der Waals surface area contributed by atoms with E-state index in [-0.39, 0.29) is 11.7 Å². The monoisotopic (exact) mass is 366 g/mol. The molecule has 0 spiro atoms. The van der Waals surface area contributed by atoms with Crippen LogP contribution >= 0.6 is 0 Å². The van der Waals surface area contributed by atoms with Crippen molar-refractivity contribution in [2.24, 2.45) is 4.99 Å². The molecule has 27 heavy (non-hydrogen) atoms. The zero-order valence-corrected chi connectivity index (χ0v) is 15.4. The average molecular weight is 366 g/mol. The van der Waals surface area contributed by atoms with Gasteiger partial charge in [0.1, 0.15) is 5.82 Å². The fraction of sp³-hybridized carbons (Fsp3) is 0.333. The van der Waals surface area contributed by atoms with Gasteiger partial charge in [0.2, 0.25) is 5.96 Å². The Morgan fingerprint density at radius 2 is 1.59 bits per heavy atom. The standard InChI is InChI=1S/C21H23FN4O/c1-16-6-8-17(9-7-16)20(27)26-11-10-23-21(26)25-14-12-24(13-15-25)19-5-3-2-4-18(19)22/h2-9H,10-15H2,1H3. The Kier molecular flexibility index (Phi) is 4.79. The molecule has 1 fully saturated rings. The summed E-state index contributed by atoms with van der Waals surface area (Å²) in [7, 11) is 0. The lowest BCUT2D eigenvalue weighted by atomic mass is 10.1. The Bertz CT molecular complexity index is 857. The number of hydrogen-bond donors (Lipinski definition) is 0. The van der Waals surface area contributed by atoms with Crippen molar-refractivity contribution >= 4 is 17.6 Å². The van der Waals surface area contributed by atoms with Gasteiger partial charge in [0.25, 0.3) is 5.91 Å². The second-order valence-electron chi connectivity index (χ2n) is 6.93. The minimum atomic E-state index is -0.194. The smallest absolute Gasteiger partial charge is 0.260 e. The maximum Gasteiger partial charge on any atom is 0.260 e. The Labute approximate surface area is 158 Å². The first kappa shape index (κ1) is 17.5. The molecule has 0 aromatic heterocycles. The Morgan fingerprint density at radius 1 is 0.926 bits per heavy atom. The van der Waals surface area contributed by atoms with E-state index < -0.39 is 0 Å². The maximum absolute atomic E-state index is 14.0. The zero-order chi connectivity index (χ0) is 18.8. The molecule has 0 unspecified atom stereocenters. The lowest BCUT2D eigenvalue weighted by Gasteiger charge is -2.38. The summed E-state index contributed by atoms with van der Waals surface area (Å²) in [6, 6.07) is 14.5. The molecular formula is C21H23FN4O. The van der Waals surface area contributed by atoms with E-state index in [0.717, 1.165) is 11.5 Å². The van der Waals surface area contributed by atoms with Crippen LogP contribution in [0.2, 0.25) is 0 Å². The molecule has 5 nitrogen and oxygen atoms in total. The van der Waals surface area contributed by atoms with Crippen molar-refractivity contribution in [3.8, 4) is 0 Å². The number of carbonyl (C=O) groups is 1. The van der Waals surface area contributed by atoms with E-state index >= 15 is 0 Å². The summed E-state index contributed by atoms with van der Waals surface area (Å²) in [4.78, 5) is 23.4. The van der Waals surface area contributed by atoms with Crippen LogP contribution in [-0.2, 0) is 0 Å². The van der Waals surface area contributed by atoms with Crippen LogP contribution in [0.4, 0.5) is 10.1 Å². The summed E-state index contributed by atoms with van der Waals surface area (Å²) >= 11 is 0. The molecule has 0 radical (unpaired) electrons. The summed E-state index contributed by atoms with van der Waals surface area (Å²) in [5.41, 5.74) is 2.45. The predicted molar refractivity (Wildman–Crippen MR) is 105 cm³/mol. The second-order valence-corrected chi connectivity index (χ2v) is 6.93. The third-order valence-corrected chi connectivity index (χ3v) is 5.12. The highest BCUT2D eigenvalue weighted by Crippen LogP contribution is 2.21. The number of para-hydroxylation sites is 1. The molecule has 4 rings (SSSR count). The Hall–Kier alpha value is -2.89. The highest BCUT2D eigenvalue weighted by molar-refractivity contribution is 6.06. The van der Waals surface area contributed by atoms with E-state index in [1.165, 1.54) is 6.07 Å². The third kappa shape index (κ3) is 3.52. The van der Waals surface area contributed by atoms with Crippen LogP contribution < -0.4 is 4.90 Å². The fourth-order valence-corrected chi connectivity index (χ4v) is 3.61. The molecule has 0 N–H and O–H groups in total. The maximum atomic E-state index is 14.0. The lowest BCUT2D eigenvalue weighted by molar-refractivity contribution is 0.0843. The topological polar surface area (TPSA) is 39.2 Å². The van der Waals surface area contributed by atoms with Gasteiger partial charge in [-0.15, -0.1) is 0 Å². The first-order valence-corrected chi connectivity index (χ1v) is 9.31. The predicted octanol–water partition coefficient (Wildman–Crippen LogP) is 2.77. The molecule has 2 aliphatic rings. The quantitative estimate of drug-likeness (QED) is 0.820. The van der Waals surface area contributed by atoms with Crippen LogP contribution in [0.1, 0.15) is 15.9 Å². The first-order valence-electron chi connectivity index (χ1n) is 9.31. The summed E-state index contributed by atoms with van der Waals surface area (Å²) < 4.78 is 14.0. The van der Waals surface area contributed by atoms with E-state index in [0.29, 0.717) is 50.5 Å². The van der Waals surface area contributed by atoms with Crippen LogP contribution in [0.5, 0.6) is 0 Å². The van der Waals surface area contributed by atoms with E-state index in [4.69, 9.17) is 0 Å². The van der Waals surface area contributed by atoms with Gasteiger partial charge in [-0.1, -0.05) is 29.8 Å². The van der Waals surface area contributed by atoms with Gasteiger partial charge in [-0.3, -0.25) is 14.7 Å². The summed E-state index contributed by atoms with van der Waals surface area (Å²) in [6.07, 6.45) is 0. The van der Waals surface area contributed by atoms with Crippen molar-refractivity contribution in [2.75, 3.05) is 44.2 Å². The van der Waals surface area contributed by atoms with Crippen molar-refractivity contribution in [1.29, 1.82) is 0 Å². The molecule has 2 aliphatic heterocycles. The number of piperazine rings is 1. The van der Waals surface area contributed by atoms with Crippen molar-refractivity contribution in [3.63, 3.8) is 0 Å². The van der Waals surface area contributed by atoms with Gasteiger partial charge in [0, 0.05) is 38.3 Å². The molecule has 1 amide bonds. The van der Waals surface area contributed by atoms with E-state index in [1.54, 1.807) is 11.0 Å². The van der Waals surface area contributed by atoms with Crippen LogP contribution in [0.25, 0.3) is 0 Å². The highest BCUT2D eigenvalue weighted by Gasteiger charge is 2.31. The number of anilines is 1. The molecule has 0 bridgehead atoms. The van der Waals surface area contributed by atoms with Gasteiger partial charge in [0.05, 0.1) is 12.2 Å². The Balaban J connectivity index is 1.44. The normalized spacial score (nSPS) is 17.3. The van der Waals surface area contributed by atoms with Crippen molar-refractivity contribution in [2.45, 2.75) is 6.92 Å². The number of amides is 1. The van der Waals surface area contributed by atoms with Gasteiger partial charge in [-0.05, 0) is 31.2 Å². The van der Waals surface area contributed by atoms with Gasteiger partial charge in [0.15, 0.2) is 0 Å². The van der Waals surface area contributed by atoms with E-state index in [1.807, 2.05) is 48.2 Å². The molecule has 0 saturated carbocycles. The van der Waals surface area contributed by atoms with Crippen LogP contribution in [0.3, 0.4) is 0 Å². The van der Waals surface area contributed by atoms with Gasteiger partial charge < -0.3 is 9.80 Å². The number of aliphatic imine (C=N–C) groups is 1. The third-order valence-electron chi connectivity index (χ3n) is 5.12. The minimum absolute atomic E-state index is 0.0113. The number of rotatable bonds is 2. The average Bonchev–Trinajstić information content (AvgIpc) is 3.18. The summed E-state index contributed by atoms with van der Waals surface area (Å²) in [6.45, 7) is 6.07. The molecule has 6 heteroatoms. The molecule has 2 aromatic rings. The molecular weight excluding hydrogens is 343 g/mol. The number of guanidine groups is 1. The Morgan fingerprint density at radius 3 is 2.30 bits per heavy atom. The lowest BCUT2D eigenvalue weighted by Crippen LogP contribution is -2.53. The number of carbonyl (C=O) groups excluding carboxylic acids is 1. The van der Waals surface area contributed by atoms with Crippen molar-refractivity contribution < 1.29 is 9.18 Å². The largest absolute Gasteiger partial charge is 0.366 e. The van der Waals surface area contributed by atoms with Gasteiger partial charge in [-0.25, -0.2) is 4.39 Å². The van der Waals surface area contributed by atoms with Crippen LogP contribution in [0, 0.1) is 12.7 Å². The number of hydrogen-bond acceptors (Lipinski definition) is 4. The van der Waals surface area contributed by atoms with Gasteiger partial charge >= 0.3 is 0 Å². The number of aryl methyl sites for hydroxylation is 1. The molecule has 0 aliphatic carbocycles. The zero-order valence-electron chi connectivity index (χ0n) is 15.4. The summed E-state index contributed by atoms with van der Waals surface area (Å²) in [5.74, 6) is 0.539. The van der Waals surface area contributed by atoms with E-state index in [2.05, 4.69) is 9.89 Å². The SMILES string of the molecule is Cc1ccc(C(=O)N2CCN=C2N2CCN(c3ccccc3F)CC2)cc1. The highest BCUT2D eigenvalue weighted by atomic mass is 19.1. The second kappa shape index (κ2) is 7.39. The molecule has 140 valence electrons. The molecule has 2 aromatic carbocycles. The molecule has 2 heterocycles. The number of benzene rings is 2. The minimum Gasteiger partial charge on any atom is -0.366 e. The number of nitrogens with zero attached hydrogens (tertiary/aromatic N) is 4. The summed E-state index contributed by atoms with van der Waals surface area (Å²) in [5, 5.41) is 0. The van der Waals surface area contributed by atoms with Crippen molar-refractivity contribution in [3.05, 3.63) is 65.5 Å². The first-order chi connectivity index (χ1) is 13.1. The fourth-order valence-electron chi connectivity index (χ4n) is 3.61. The van der Waals surface area contributed by atoms with Gasteiger partial charge in [-0.2, -0.15) is 0 Å². The van der Waals surface area contributed by atoms with Crippen LogP contribution in [0.15, 0.2) is 53.5 Å².